The highest BCUT2D eigenvalue weighted by Gasteiger charge is 2.39. The molecule has 19 heavy (non-hydrogen) atoms. The fourth-order valence-corrected chi connectivity index (χ4v) is 2.47. The standard InChI is InChI=1S/C16H24N2O/c1-11(14(17)12-7-5-4-6-8-12)15(19)18-16(2,3)13-9-10-13/h4-8,11,13-14H,9-10,17H2,1-3H3,(H,18,19). The number of hydrogen-bond acceptors (Lipinski definition) is 2. The molecule has 0 aliphatic heterocycles. The summed E-state index contributed by atoms with van der Waals surface area (Å²) in [5, 5.41) is 3.15. The normalized spacial score (nSPS) is 18.7. The van der Waals surface area contributed by atoms with Gasteiger partial charge in [0.25, 0.3) is 0 Å². The number of amides is 1. The zero-order valence-corrected chi connectivity index (χ0v) is 12.0. The number of hydrogen-bond donors (Lipinski definition) is 2. The van der Waals surface area contributed by atoms with Gasteiger partial charge in [-0.3, -0.25) is 4.79 Å². The minimum absolute atomic E-state index is 0.0493. The summed E-state index contributed by atoms with van der Waals surface area (Å²) in [6.45, 7) is 6.10. The second-order valence-electron chi connectivity index (χ2n) is 6.21. The fraction of sp³-hybridized carbons (Fsp3) is 0.562. The molecule has 3 N–H and O–H groups in total. The second-order valence-corrected chi connectivity index (χ2v) is 6.21. The summed E-state index contributed by atoms with van der Waals surface area (Å²) in [5.74, 6) is 0.449. The van der Waals surface area contributed by atoms with Gasteiger partial charge in [-0.05, 0) is 38.2 Å². The Morgan fingerprint density at radius 2 is 1.89 bits per heavy atom. The molecule has 1 aromatic rings. The second kappa shape index (κ2) is 5.33. The van der Waals surface area contributed by atoms with Crippen LogP contribution in [-0.4, -0.2) is 11.4 Å². The Hall–Kier alpha value is -1.35. The van der Waals surface area contributed by atoms with Gasteiger partial charge < -0.3 is 11.1 Å². The maximum Gasteiger partial charge on any atom is 0.225 e. The van der Waals surface area contributed by atoms with Crippen molar-refractivity contribution in [2.45, 2.75) is 45.2 Å². The Labute approximate surface area is 115 Å². The molecule has 104 valence electrons. The van der Waals surface area contributed by atoms with Crippen LogP contribution in [0.5, 0.6) is 0 Å². The first-order chi connectivity index (χ1) is 8.92. The Morgan fingerprint density at radius 1 is 1.32 bits per heavy atom. The van der Waals surface area contributed by atoms with E-state index in [0.717, 1.165) is 5.56 Å². The van der Waals surface area contributed by atoms with E-state index in [1.54, 1.807) is 0 Å². The van der Waals surface area contributed by atoms with Crippen LogP contribution in [-0.2, 0) is 4.79 Å². The van der Waals surface area contributed by atoms with Crippen molar-refractivity contribution >= 4 is 5.91 Å². The number of rotatable bonds is 5. The molecule has 1 aliphatic rings. The molecular weight excluding hydrogens is 236 g/mol. The quantitative estimate of drug-likeness (QED) is 0.855. The lowest BCUT2D eigenvalue weighted by molar-refractivity contribution is -0.127. The summed E-state index contributed by atoms with van der Waals surface area (Å²) in [7, 11) is 0. The van der Waals surface area contributed by atoms with Gasteiger partial charge in [-0.25, -0.2) is 0 Å². The summed E-state index contributed by atoms with van der Waals surface area (Å²) in [6, 6.07) is 9.55. The Morgan fingerprint density at radius 3 is 2.42 bits per heavy atom. The summed E-state index contributed by atoms with van der Waals surface area (Å²) in [5.41, 5.74) is 7.09. The Bertz CT molecular complexity index is 437. The molecule has 1 amide bonds. The largest absolute Gasteiger partial charge is 0.351 e. The van der Waals surface area contributed by atoms with Crippen molar-refractivity contribution in [3.05, 3.63) is 35.9 Å². The van der Waals surface area contributed by atoms with Crippen LogP contribution in [0, 0.1) is 11.8 Å². The van der Waals surface area contributed by atoms with Crippen molar-refractivity contribution in [2.24, 2.45) is 17.6 Å². The predicted octanol–water partition coefficient (Wildman–Crippen LogP) is 2.63. The zero-order chi connectivity index (χ0) is 14.0. The molecule has 1 saturated carbocycles. The van der Waals surface area contributed by atoms with Crippen LogP contribution in [0.25, 0.3) is 0 Å². The van der Waals surface area contributed by atoms with Crippen LogP contribution in [0.15, 0.2) is 30.3 Å². The molecule has 3 heteroatoms. The molecule has 0 radical (unpaired) electrons. The van der Waals surface area contributed by atoms with Crippen molar-refractivity contribution < 1.29 is 4.79 Å². The van der Waals surface area contributed by atoms with Crippen molar-refractivity contribution in [1.29, 1.82) is 0 Å². The highest BCUT2D eigenvalue weighted by atomic mass is 16.2. The van der Waals surface area contributed by atoms with Gasteiger partial charge in [-0.1, -0.05) is 37.3 Å². The molecule has 0 aromatic heterocycles. The molecule has 0 saturated heterocycles. The van der Waals surface area contributed by atoms with Crippen LogP contribution in [0.3, 0.4) is 0 Å². The van der Waals surface area contributed by atoms with Crippen molar-refractivity contribution in [3.8, 4) is 0 Å². The first kappa shape index (κ1) is 14.1. The van der Waals surface area contributed by atoms with Crippen LogP contribution in [0.4, 0.5) is 0 Å². The van der Waals surface area contributed by atoms with E-state index in [-0.39, 0.29) is 23.4 Å². The van der Waals surface area contributed by atoms with Crippen molar-refractivity contribution in [2.75, 3.05) is 0 Å². The first-order valence-electron chi connectivity index (χ1n) is 7.04. The maximum atomic E-state index is 12.3. The smallest absolute Gasteiger partial charge is 0.225 e. The van der Waals surface area contributed by atoms with E-state index in [0.29, 0.717) is 5.92 Å². The van der Waals surface area contributed by atoms with Crippen molar-refractivity contribution in [3.63, 3.8) is 0 Å². The molecule has 0 spiro atoms. The van der Waals surface area contributed by atoms with Crippen LogP contribution >= 0.6 is 0 Å². The predicted molar refractivity (Wildman–Crippen MR) is 77.5 cm³/mol. The summed E-state index contributed by atoms with van der Waals surface area (Å²) >= 11 is 0. The molecule has 1 aliphatic carbocycles. The highest BCUT2D eigenvalue weighted by Crippen LogP contribution is 2.39. The third kappa shape index (κ3) is 3.35. The lowest BCUT2D eigenvalue weighted by Gasteiger charge is -2.29. The monoisotopic (exact) mass is 260 g/mol. The molecule has 0 bridgehead atoms. The Balaban J connectivity index is 1.99. The summed E-state index contributed by atoms with van der Waals surface area (Å²) in [6.07, 6.45) is 2.43. The molecular formula is C16H24N2O. The minimum atomic E-state index is -0.254. The molecule has 0 heterocycles. The van der Waals surface area contributed by atoms with Gasteiger partial charge in [0, 0.05) is 11.6 Å². The van der Waals surface area contributed by atoms with Gasteiger partial charge >= 0.3 is 0 Å². The van der Waals surface area contributed by atoms with Crippen LogP contribution in [0.2, 0.25) is 0 Å². The number of benzene rings is 1. The van der Waals surface area contributed by atoms with Gasteiger partial charge in [0.05, 0.1) is 5.92 Å². The van der Waals surface area contributed by atoms with Gasteiger partial charge in [0.2, 0.25) is 5.91 Å². The number of carbonyl (C=O) groups excluding carboxylic acids is 1. The molecule has 1 aromatic carbocycles. The topological polar surface area (TPSA) is 55.1 Å². The lowest BCUT2D eigenvalue weighted by atomic mass is 9.92. The van der Waals surface area contributed by atoms with Crippen LogP contribution in [0.1, 0.15) is 45.2 Å². The average molecular weight is 260 g/mol. The summed E-state index contributed by atoms with van der Waals surface area (Å²) in [4.78, 5) is 12.3. The Kier molecular flexibility index (Phi) is 3.95. The number of nitrogens with two attached hydrogens (primary N) is 1. The SMILES string of the molecule is CC(C(=O)NC(C)(C)C1CC1)C(N)c1ccccc1. The van der Waals surface area contributed by atoms with E-state index in [2.05, 4.69) is 19.2 Å². The lowest BCUT2D eigenvalue weighted by Crippen LogP contribution is -2.48. The van der Waals surface area contributed by atoms with Gasteiger partial charge in [0.15, 0.2) is 0 Å². The molecule has 2 unspecified atom stereocenters. The molecule has 2 atom stereocenters. The van der Waals surface area contributed by atoms with E-state index in [1.807, 2.05) is 37.3 Å². The van der Waals surface area contributed by atoms with Crippen LogP contribution < -0.4 is 11.1 Å². The fourth-order valence-electron chi connectivity index (χ4n) is 2.47. The number of carbonyl (C=O) groups is 1. The van der Waals surface area contributed by atoms with E-state index in [1.165, 1.54) is 12.8 Å². The highest BCUT2D eigenvalue weighted by molar-refractivity contribution is 5.80. The van der Waals surface area contributed by atoms with E-state index < -0.39 is 0 Å². The maximum absolute atomic E-state index is 12.3. The average Bonchev–Trinajstić information content (AvgIpc) is 3.22. The van der Waals surface area contributed by atoms with Gasteiger partial charge in [-0.2, -0.15) is 0 Å². The summed E-state index contributed by atoms with van der Waals surface area (Å²) < 4.78 is 0. The molecule has 1 fully saturated rings. The molecule has 3 nitrogen and oxygen atoms in total. The third-order valence-corrected chi connectivity index (χ3v) is 4.18. The minimum Gasteiger partial charge on any atom is -0.351 e. The van der Waals surface area contributed by atoms with E-state index in [9.17, 15) is 4.79 Å². The zero-order valence-electron chi connectivity index (χ0n) is 12.0. The molecule has 2 rings (SSSR count). The third-order valence-electron chi connectivity index (χ3n) is 4.18. The van der Waals surface area contributed by atoms with Crippen molar-refractivity contribution in [1.82, 2.24) is 5.32 Å². The van der Waals surface area contributed by atoms with E-state index >= 15 is 0 Å². The van der Waals surface area contributed by atoms with Gasteiger partial charge in [-0.15, -0.1) is 0 Å². The van der Waals surface area contributed by atoms with E-state index in [4.69, 9.17) is 5.73 Å². The van der Waals surface area contributed by atoms with Gasteiger partial charge in [0.1, 0.15) is 0 Å². The first-order valence-corrected chi connectivity index (χ1v) is 7.04. The number of nitrogens with one attached hydrogen (secondary N) is 1.